The fourth-order valence-electron chi connectivity index (χ4n) is 4.45. The molecule has 0 radical (unpaired) electrons. The predicted octanol–water partition coefficient (Wildman–Crippen LogP) is 3.84. The first-order chi connectivity index (χ1) is 14.2. The van der Waals surface area contributed by atoms with E-state index in [1.807, 2.05) is 25.3 Å². The van der Waals surface area contributed by atoms with Gasteiger partial charge in [0, 0.05) is 42.9 Å². The molecule has 1 unspecified atom stereocenters. The van der Waals surface area contributed by atoms with Crippen LogP contribution in [-0.4, -0.2) is 24.8 Å². The van der Waals surface area contributed by atoms with Gasteiger partial charge in [-0.3, -0.25) is 19.3 Å². The minimum absolute atomic E-state index is 0.149. The Morgan fingerprint density at radius 1 is 1.10 bits per heavy atom. The van der Waals surface area contributed by atoms with E-state index < -0.39 is 5.92 Å². The first-order valence-corrected chi connectivity index (χ1v) is 10.00. The van der Waals surface area contributed by atoms with Crippen molar-refractivity contribution in [3.05, 3.63) is 65.9 Å². The third kappa shape index (κ3) is 3.18. The number of para-hydroxylation sites is 1. The lowest BCUT2D eigenvalue weighted by molar-refractivity contribution is -0.122. The van der Waals surface area contributed by atoms with Gasteiger partial charge < -0.3 is 10.2 Å². The third-order valence-electron chi connectivity index (χ3n) is 5.93. The van der Waals surface area contributed by atoms with E-state index in [1.54, 1.807) is 24.3 Å². The zero-order chi connectivity index (χ0) is 21.6. The van der Waals surface area contributed by atoms with E-state index in [4.69, 9.17) is 0 Å². The fourth-order valence-corrected chi connectivity index (χ4v) is 4.45. The maximum Gasteiger partial charge on any atom is 0.241 e. The van der Waals surface area contributed by atoms with E-state index in [-0.39, 0.29) is 29.6 Å². The molecule has 6 heteroatoms. The van der Waals surface area contributed by atoms with Crippen LogP contribution in [0.2, 0.25) is 0 Å². The van der Waals surface area contributed by atoms with Gasteiger partial charge in [0.05, 0.1) is 11.6 Å². The minimum Gasteiger partial charge on any atom is -0.347 e. The summed E-state index contributed by atoms with van der Waals surface area (Å²) >= 11 is 0. The number of amides is 3. The van der Waals surface area contributed by atoms with Gasteiger partial charge in [0.25, 0.3) is 0 Å². The number of anilines is 3. The monoisotopic (exact) mass is 403 g/mol. The van der Waals surface area contributed by atoms with Gasteiger partial charge in [0.15, 0.2) is 0 Å². The van der Waals surface area contributed by atoms with Crippen molar-refractivity contribution >= 4 is 34.8 Å². The minimum atomic E-state index is -0.501. The molecule has 0 bridgehead atoms. The van der Waals surface area contributed by atoms with Crippen LogP contribution >= 0.6 is 0 Å². The Bertz CT molecular complexity index is 1070. The van der Waals surface area contributed by atoms with Crippen LogP contribution in [0.4, 0.5) is 17.1 Å². The first kappa shape index (κ1) is 19.9. The molecule has 30 heavy (non-hydrogen) atoms. The van der Waals surface area contributed by atoms with Crippen molar-refractivity contribution in [2.45, 2.75) is 32.6 Å². The Labute approximate surface area is 176 Å². The van der Waals surface area contributed by atoms with Gasteiger partial charge in [-0.2, -0.15) is 0 Å². The van der Waals surface area contributed by atoms with Gasteiger partial charge in [-0.15, -0.1) is 0 Å². The molecule has 0 spiro atoms. The van der Waals surface area contributed by atoms with E-state index in [9.17, 15) is 14.4 Å². The van der Waals surface area contributed by atoms with Gasteiger partial charge in [0.2, 0.25) is 17.7 Å². The summed E-state index contributed by atoms with van der Waals surface area (Å²) in [5.74, 6) is -1.12. The first-order valence-electron chi connectivity index (χ1n) is 10.00. The number of carbonyl (C=O) groups is 3. The maximum absolute atomic E-state index is 13.1. The number of fused-ring (bicyclic) bond motifs is 1. The Balaban J connectivity index is 1.61. The number of carbonyl (C=O) groups excluding carboxylic acids is 3. The van der Waals surface area contributed by atoms with Gasteiger partial charge in [-0.1, -0.05) is 38.1 Å². The highest BCUT2D eigenvalue weighted by atomic mass is 16.2. The highest BCUT2D eigenvalue weighted by Gasteiger charge is 2.43. The van der Waals surface area contributed by atoms with Crippen LogP contribution in [-0.2, 0) is 19.8 Å². The lowest BCUT2D eigenvalue weighted by Crippen LogP contribution is -2.31. The number of benzene rings is 2. The zero-order valence-electron chi connectivity index (χ0n) is 17.6. The predicted molar refractivity (Wildman–Crippen MR) is 117 cm³/mol. The van der Waals surface area contributed by atoms with Crippen molar-refractivity contribution in [1.29, 1.82) is 0 Å². The molecule has 2 aliphatic rings. The van der Waals surface area contributed by atoms with Crippen molar-refractivity contribution in [3.63, 3.8) is 0 Å². The van der Waals surface area contributed by atoms with Gasteiger partial charge in [-0.25, -0.2) is 0 Å². The summed E-state index contributed by atoms with van der Waals surface area (Å²) < 4.78 is 0. The van der Waals surface area contributed by atoms with Crippen molar-refractivity contribution < 1.29 is 14.4 Å². The molecule has 0 aliphatic carbocycles. The van der Waals surface area contributed by atoms with Gasteiger partial charge in [-0.05, 0) is 35.9 Å². The lowest BCUT2D eigenvalue weighted by Gasteiger charge is -2.25. The highest BCUT2D eigenvalue weighted by molar-refractivity contribution is 6.21. The van der Waals surface area contributed by atoms with Crippen LogP contribution in [0.5, 0.6) is 0 Å². The molecule has 0 aromatic heterocycles. The molecule has 1 fully saturated rings. The number of hydrogen-bond acceptors (Lipinski definition) is 4. The molecule has 3 amide bonds. The zero-order valence-corrected chi connectivity index (χ0v) is 17.6. The van der Waals surface area contributed by atoms with Crippen molar-refractivity contribution in [2.24, 2.45) is 5.92 Å². The second-order valence-electron chi connectivity index (χ2n) is 8.36. The van der Waals surface area contributed by atoms with Crippen molar-refractivity contribution in [3.8, 4) is 0 Å². The molecule has 154 valence electrons. The number of likely N-dealkylation sites (N-methyl/N-ethyl adjacent to an activating group) is 1. The molecule has 1 N–H and O–H groups in total. The van der Waals surface area contributed by atoms with Crippen LogP contribution in [0.25, 0.3) is 0 Å². The summed E-state index contributed by atoms with van der Waals surface area (Å²) in [5.41, 5.74) is 4.25. The smallest absolute Gasteiger partial charge is 0.241 e. The Morgan fingerprint density at radius 2 is 1.77 bits per heavy atom. The molecule has 0 saturated carbocycles. The SMILES string of the molecule is CC(=O)Nc1ccc(N2C(=O)CC(/C=C3/N(C)c4ccccc4C3(C)C)C2=O)cc1. The van der Waals surface area contributed by atoms with Crippen LogP contribution in [0.15, 0.2) is 60.3 Å². The van der Waals surface area contributed by atoms with Gasteiger partial charge in [0.1, 0.15) is 0 Å². The summed E-state index contributed by atoms with van der Waals surface area (Å²) in [7, 11) is 2.00. The van der Waals surface area contributed by atoms with E-state index in [2.05, 4.69) is 36.2 Å². The topological polar surface area (TPSA) is 69.7 Å². The van der Waals surface area contributed by atoms with Crippen molar-refractivity contribution in [2.75, 3.05) is 22.2 Å². The number of hydrogen-bond donors (Lipinski definition) is 1. The molecule has 2 aromatic carbocycles. The van der Waals surface area contributed by atoms with Crippen LogP contribution in [0.3, 0.4) is 0 Å². The second kappa shape index (κ2) is 7.13. The molecular formula is C24H25N3O3. The van der Waals surface area contributed by atoms with E-state index in [1.165, 1.54) is 17.4 Å². The highest BCUT2D eigenvalue weighted by Crippen LogP contribution is 2.47. The number of imide groups is 1. The van der Waals surface area contributed by atoms with Crippen molar-refractivity contribution in [1.82, 2.24) is 0 Å². The quantitative estimate of drug-likeness (QED) is 0.791. The van der Waals surface area contributed by atoms with E-state index in [0.717, 1.165) is 11.4 Å². The Hall–Kier alpha value is -3.41. The van der Waals surface area contributed by atoms with Crippen LogP contribution in [0, 0.1) is 5.92 Å². The molecule has 4 rings (SSSR count). The molecule has 1 saturated heterocycles. The number of nitrogens with one attached hydrogen (secondary N) is 1. The average Bonchev–Trinajstić information content (AvgIpc) is 3.08. The summed E-state index contributed by atoms with van der Waals surface area (Å²) in [6.45, 7) is 5.71. The number of allylic oxidation sites excluding steroid dienone is 1. The fraction of sp³-hybridized carbons (Fsp3) is 0.292. The van der Waals surface area contributed by atoms with Gasteiger partial charge >= 0.3 is 0 Å². The summed E-state index contributed by atoms with van der Waals surface area (Å²) in [6, 6.07) is 14.9. The maximum atomic E-state index is 13.1. The Morgan fingerprint density at radius 3 is 2.40 bits per heavy atom. The lowest BCUT2D eigenvalue weighted by atomic mass is 9.82. The largest absolute Gasteiger partial charge is 0.347 e. The van der Waals surface area contributed by atoms with Crippen LogP contribution < -0.4 is 15.1 Å². The Kier molecular flexibility index (Phi) is 4.73. The van der Waals surface area contributed by atoms with E-state index in [0.29, 0.717) is 11.4 Å². The standard InChI is InChI=1S/C24H25N3O3/c1-15(28)25-17-9-11-18(12-10-17)27-22(29)14-16(23(27)30)13-21-24(2,3)19-7-5-6-8-20(19)26(21)4/h5-13,16H,14H2,1-4H3,(H,25,28)/b21-13+. The number of rotatable bonds is 3. The second-order valence-corrected chi connectivity index (χ2v) is 8.36. The number of nitrogens with zero attached hydrogens (tertiary/aromatic N) is 2. The molecule has 2 aromatic rings. The molecular weight excluding hydrogens is 378 g/mol. The third-order valence-corrected chi connectivity index (χ3v) is 5.93. The molecule has 2 aliphatic heterocycles. The van der Waals surface area contributed by atoms with E-state index >= 15 is 0 Å². The summed E-state index contributed by atoms with van der Waals surface area (Å²) in [6.07, 6.45) is 2.10. The normalized spacial score (nSPS) is 21.3. The molecule has 6 nitrogen and oxygen atoms in total. The van der Waals surface area contributed by atoms with Crippen LogP contribution in [0.1, 0.15) is 32.8 Å². The average molecular weight is 403 g/mol. The summed E-state index contributed by atoms with van der Waals surface area (Å²) in [4.78, 5) is 40.4. The molecule has 2 heterocycles. The molecule has 1 atom stereocenters. The summed E-state index contributed by atoms with van der Waals surface area (Å²) in [5, 5.41) is 2.68.